The normalized spacial score (nSPS) is 14.1. The lowest BCUT2D eigenvalue weighted by molar-refractivity contribution is -0.140. The van der Waals surface area contributed by atoms with Crippen molar-refractivity contribution in [3.05, 3.63) is 120 Å². The van der Waals surface area contributed by atoms with Crippen LogP contribution in [0.2, 0.25) is 0 Å². The van der Waals surface area contributed by atoms with Gasteiger partial charge in [-0.1, -0.05) is 92.4 Å². The van der Waals surface area contributed by atoms with E-state index in [0.29, 0.717) is 30.0 Å². The van der Waals surface area contributed by atoms with Crippen LogP contribution in [-0.4, -0.2) is 50.3 Å². The van der Waals surface area contributed by atoms with Gasteiger partial charge in [-0.2, -0.15) is 0 Å². The smallest absolute Gasteiger partial charge is 0.264 e. The molecule has 5 rings (SSSR count). The molecule has 252 valence electrons. The molecule has 0 heterocycles. The molecule has 0 bridgehead atoms. The molecule has 1 saturated carbocycles. The fourth-order valence-corrected chi connectivity index (χ4v) is 7.53. The fourth-order valence-electron chi connectivity index (χ4n) is 6.11. The van der Waals surface area contributed by atoms with Crippen molar-refractivity contribution in [2.75, 3.05) is 17.4 Å². The molecule has 0 saturated heterocycles. The van der Waals surface area contributed by atoms with Gasteiger partial charge >= 0.3 is 0 Å². The van der Waals surface area contributed by atoms with Crippen molar-refractivity contribution in [2.45, 2.75) is 75.8 Å². The second-order valence-corrected chi connectivity index (χ2v) is 14.2. The predicted octanol–water partition coefficient (Wildman–Crippen LogP) is 7.28. The lowest BCUT2D eigenvalue weighted by Gasteiger charge is -2.34. The summed E-state index contributed by atoms with van der Waals surface area (Å²) in [6.45, 7) is 3.57. The number of aryl methyl sites for hydroxylation is 1. The topological polar surface area (TPSA) is 96.0 Å². The van der Waals surface area contributed by atoms with E-state index in [-0.39, 0.29) is 23.4 Å². The molecule has 0 spiro atoms. The number of hydrogen-bond donors (Lipinski definition) is 1. The molecule has 9 heteroatoms. The molecule has 1 aliphatic carbocycles. The SMILES string of the molecule is CC[C@H](C(=O)NC1CCCCC1)N(CCc1ccccc1)C(=O)CN(c1ccc(Oc2ccccc2)cc1)S(=O)(=O)c1ccc(C)cc1. The summed E-state index contributed by atoms with van der Waals surface area (Å²) in [6.07, 6.45) is 6.07. The summed E-state index contributed by atoms with van der Waals surface area (Å²) in [6, 6.07) is 31.6. The van der Waals surface area contributed by atoms with E-state index in [4.69, 9.17) is 4.74 Å². The van der Waals surface area contributed by atoms with Gasteiger partial charge in [-0.3, -0.25) is 13.9 Å². The number of amides is 2. The number of carbonyl (C=O) groups is 2. The number of sulfonamides is 1. The van der Waals surface area contributed by atoms with Gasteiger partial charge in [0.25, 0.3) is 10.0 Å². The van der Waals surface area contributed by atoms with Crippen LogP contribution in [0.15, 0.2) is 114 Å². The number of hydrogen-bond acceptors (Lipinski definition) is 5. The minimum Gasteiger partial charge on any atom is -0.457 e. The first kappa shape index (κ1) is 34.7. The highest BCUT2D eigenvalue weighted by atomic mass is 32.2. The molecule has 0 radical (unpaired) electrons. The maximum atomic E-state index is 14.4. The van der Waals surface area contributed by atoms with Gasteiger partial charge in [-0.05, 0) is 86.7 Å². The molecular weight excluding hydrogens is 623 g/mol. The third-order valence-corrected chi connectivity index (χ3v) is 10.6. The van der Waals surface area contributed by atoms with Gasteiger partial charge < -0.3 is 15.0 Å². The van der Waals surface area contributed by atoms with E-state index in [1.54, 1.807) is 53.4 Å². The van der Waals surface area contributed by atoms with Gasteiger partial charge in [0.05, 0.1) is 10.6 Å². The summed E-state index contributed by atoms with van der Waals surface area (Å²) in [4.78, 5) is 29.8. The molecule has 2 amide bonds. The van der Waals surface area contributed by atoms with Gasteiger partial charge in [0.15, 0.2) is 0 Å². The van der Waals surface area contributed by atoms with Crippen molar-refractivity contribution in [3.63, 3.8) is 0 Å². The van der Waals surface area contributed by atoms with Gasteiger partial charge in [-0.15, -0.1) is 0 Å². The van der Waals surface area contributed by atoms with Crippen LogP contribution in [0.5, 0.6) is 11.5 Å². The lowest BCUT2D eigenvalue weighted by Crippen LogP contribution is -2.54. The first-order valence-electron chi connectivity index (χ1n) is 16.8. The molecule has 0 aromatic heterocycles. The number of carbonyl (C=O) groups excluding carboxylic acids is 2. The van der Waals surface area contributed by atoms with Crippen LogP contribution in [0.1, 0.15) is 56.6 Å². The standard InChI is InChI=1S/C39H45N3O5S/c1-3-37(39(44)40-32-15-9-5-10-16-32)41(28-27-31-13-7-4-8-14-31)38(43)29-42(48(45,46)36-25-19-30(2)20-26-36)33-21-23-35(24-22-33)47-34-17-11-6-12-18-34/h4,6-8,11-14,17-26,32,37H,3,5,9-10,15-16,27-29H2,1-2H3,(H,40,44)/t37-/m1/s1. The molecular formula is C39H45N3O5S. The first-order valence-corrected chi connectivity index (χ1v) is 18.2. The summed E-state index contributed by atoms with van der Waals surface area (Å²) in [5.74, 6) is 0.535. The minimum atomic E-state index is -4.17. The molecule has 8 nitrogen and oxygen atoms in total. The molecule has 0 unspecified atom stereocenters. The van der Waals surface area contributed by atoms with Crippen LogP contribution in [0.3, 0.4) is 0 Å². The van der Waals surface area contributed by atoms with Gasteiger partial charge in [0.2, 0.25) is 11.8 Å². The number of anilines is 1. The Hall–Kier alpha value is -4.63. The van der Waals surface area contributed by atoms with E-state index in [2.05, 4.69) is 5.32 Å². The van der Waals surface area contributed by atoms with E-state index in [0.717, 1.165) is 47.5 Å². The van der Waals surface area contributed by atoms with Crippen molar-refractivity contribution in [3.8, 4) is 11.5 Å². The highest BCUT2D eigenvalue weighted by Crippen LogP contribution is 2.29. The number of ether oxygens (including phenoxy) is 1. The Morgan fingerprint density at radius 1 is 0.812 bits per heavy atom. The Balaban J connectivity index is 1.46. The zero-order chi connectivity index (χ0) is 33.9. The summed E-state index contributed by atoms with van der Waals surface area (Å²) in [7, 11) is -4.17. The Kier molecular flexibility index (Phi) is 11.9. The second kappa shape index (κ2) is 16.5. The van der Waals surface area contributed by atoms with E-state index in [1.807, 2.05) is 74.5 Å². The average Bonchev–Trinajstić information content (AvgIpc) is 3.10. The summed E-state index contributed by atoms with van der Waals surface area (Å²) < 4.78 is 35.5. The number of nitrogens with zero attached hydrogens (tertiary/aromatic N) is 2. The minimum absolute atomic E-state index is 0.0726. The van der Waals surface area contributed by atoms with Gasteiger partial charge in [0, 0.05) is 12.6 Å². The Morgan fingerprint density at radius 2 is 1.42 bits per heavy atom. The molecule has 0 aliphatic heterocycles. The third kappa shape index (κ3) is 9.04. The highest BCUT2D eigenvalue weighted by Gasteiger charge is 2.34. The zero-order valence-electron chi connectivity index (χ0n) is 27.8. The lowest BCUT2D eigenvalue weighted by atomic mass is 9.95. The molecule has 4 aromatic rings. The van der Waals surface area contributed by atoms with Crippen molar-refractivity contribution >= 4 is 27.5 Å². The fraction of sp³-hybridized carbons (Fsp3) is 0.333. The van der Waals surface area contributed by atoms with Crippen LogP contribution >= 0.6 is 0 Å². The summed E-state index contributed by atoms with van der Waals surface area (Å²) in [5.41, 5.74) is 2.25. The average molecular weight is 668 g/mol. The van der Waals surface area contributed by atoms with Crippen molar-refractivity contribution in [2.24, 2.45) is 0 Å². The number of benzene rings is 4. The molecule has 1 atom stereocenters. The van der Waals surface area contributed by atoms with Crippen molar-refractivity contribution in [1.29, 1.82) is 0 Å². The number of rotatable bonds is 14. The van der Waals surface area contributed by atoms with E-state index in [1.165, 1.54) is 0 Å². The number of nitrogens with one attached hydrogen (secondary N) is 1. The summed E-state index contributed by atoms with van der Waals surface area (Å²) in [5, 5.41) is 3.20. The zero-order valence-corrected chi connectivity index (χ0v) is 28.6. The highest BCUT2D eigenvalue weighted by molar-refractivity contribution is 7.92. The second-order valence-electron chi connectivity index (χ2n) is 12.3. The summed E-state index contributed by atoms with van der Waals surface area (Å²) >= 11 is 0. The Labute approximate surface area is 284 Å². The van der Waals surface area contributed by atoms with Crippen molar-refractivity contribution < 1.29 is 22.7 Å². The molecule has 4 aromatic carbocycles. The van der Waals surface area contributed by atoms with Gasteiger partial charge in [-0.25, -0.2) is 8.42 Å². The largest absolute Gasteiger partial charge is 0.457 e. The molecule has 1 aliphatic rings. The predicted molar refractivity (Wildman–Crippen MR) is 190 cm³/mol. The van der Waals surface area contributed by atoms with Crippen LogP contribution in [0.4, 0.5) is 5.69 Å². The van der Waals surface area contributed by atoms with Crippen LogP contribution in [0, 0.1) is 6.92 Å². The van der Waals surface area contributed by atoms with E-state index in [9.17, 15) is 18.0 Å². The Morgan fingerprint density at radius 3 is 2.04 bits per heavy atom. The molecule has 1 fully saturated rings. The van der Waals surface area contributed by atoms with Crippen LogP contribution < -0.4 is 14.4 Å². The molecule has 1 N–H and O–H groups in total. The molecule has 48 heavy (non-hydrogen) atoms. The van der Waals surface area contributed by atoms with Crippen molar-refractivity contribution in [1.82, 2.24) is 10.2 Å². The van der Waals surface area contributed by atoms with Crippen LogP contribution in [-0.2, 0) is 26.0 Å². The maximum absolute atomic E-state index is 14.4. The van der Waals surface area contributed by atoms with E-state index >= 15 is 0 Å². The first-order chi connectivity index (χ1) is 23.2. The van der Waals surface area contributed by atoms with E-state index < -0.39 is 28.5 Å². The third-order valence-electron chi connectivity index (χ3n) is 8.81. The van der Waals surface area contributed by atoms with Gasteiger partial charge in [0.1, 0.15) is 24.1 Å². The van der Waals surface area contributed by atoms with Crippen LogP contribution in [0.25, 0.3) is 0 Å². The maximum Gasteiger partial charge on any atom is 0.264 e. The Bertz CT molecular complexity index is 1720. The number of para-hydroxylation sites is 1. The monoisotopic (exact) mass is 667 g/mol. The quantitative estimate of drug-likeness (QED) is 0.153.